The summed E-state index contributed by atoms with van der Waals surface area (Å²) in [6, 6.07) is 15.3. The van der Waals surface area contributed by atoms with Crippen molar-refractivity contribution in [2.45, 2.75) is 10.8 Å². The Balaban J connectivity index is 1.76. The fraction of sp³-hybridized carbons (Fsp3) is 0.261. The summed E-state index contributed by atoms with van der Waals surface area (Å²) in [5.41, 5.74) is 2.82. The molecule has 0 aliphatic carbocycles. The van der Waals surface area contributed by atoms with Crippen molar-refractivity contribution in [1.29, 1.82) is 0 Å². The molecule has 0 radical (unpaired) electrons. The van der Waals surface area contributed by atoms with Crippen molar-refractivity contribution < 1.29 is 17.9 Å². The number of methoxy groups -OCH3 is 1. The molecule has 0 atom stereocenters. The number of fused-ring (bicyclic) bond motifs is 1. The zero-order valence-corrected chi connectivity index (χ0v) is 20.3. The number of hydrogen-bond acceptors (Lipinski definition) is 7. The molecule has 4 rings (SSSR count). The summed E-state index contributed by atoms with van der Waals surface area (Å²) in [6.45, 7) is 1.89. The summed E-state index contributed by atoms with van der Waals surface area (Å²) in [4.78, 5) is 2.06. The summed E-state index contributed by atoms with van der Waals surface area (Å²) in [5.74, 6) is 1.40. The molecule has 2 heterocycles. The summed E-state index contributed by atoms with van der Waals surface area (Å²) in [5, 5.41) is 12.7. The number of sulfonamides is 1. The molecule has 33 heavy (non-hydrogen) atoms. The second-order valence-electron chi connectivity index (χ2n) is 7.83. The van der Waals surface area contributed by atoms with Gasteiger partial charge in [-0.1, -0.05) is 18.2 Å². The fourth-order valence-electron chi connectivity index (χ4n) is 3.62. The van der Waals surface area contributed by atoms with Crippen LogP contribution in [0.3, 0.4) is 0 Å². The molecular weight excluding hydrogens is 460 g/mol. The van der Waals surface area contributed by atoms with Crippen LogP contribution in [-0.2, 0) is 16.6 Å². The minimum absolute atomic E-state index is 0.0799. The number of thiophene rings is 1. The Bertz CT molecular complexity index is 1380. The third-order valence-corrected chi connectivity index (χ3v) is 7.57. The molecule has 10 heteroatoms. The highest BCUT2D eigenvalue weighted by atomic mass is 32.2. The fourth-order valence-corrected chi connectivity index (χ4v) is 5.41. The molecule has 4 aromatic rings. The van der Waals surface area contributed by atoms with Crippen LogP contribution in [0.5, 0.6) is 11.5 Å². The van der Waals surface area contributed by atoms with Gasteiger partial charge in [0.05, 0.1) is 24.6 Å². The van der Waals surface area contributed by atoms with Gasteiger partial charge in [0.1, 0.15) is 28.0 Å². The number of ether oxygens (including phenoxy) is 2. The van der Waals surface area contributed by atoms with Gasteiger partial charge in [-0.2, -0.15) is 5.10 Å². The smallest absolute Gasteiger partial charge is 0.248 e. The first-order chi connectivity index (χ1) is 15.8. The van der Waals surface area contributed by atoms with E-state index in [0.29, 0.717) is 30.2 Å². The van der Waals surface area contributed by atoms with Crippen LogP contribution in [0, 0.1) is 0 Å². The van der Waals surface area contributed by atoms with Gasteiger partial charge in [0, 0.05) is 12.1 Å². The number of hydrogen-bond donors (Lipinski definition) is 1. The largest absolute Gasteiger partial charge is 0.496 e. The van der Waals surface area contributed by atoms with Crippen molar-refractivity contribution in [1.82, 2.24) is 14.7 Å². The molecule has 0 fully saturated rings. The van der Waals surface area contributed by atoms with Crippen LogP contribution in [-0.4, -0.2) is 57.5 Å². The van der Waals surface area contributed by atoms with Crippen molar-refractivity contribution in [2.24, 2.45) is 5.14 Å². The van der Waals surface area contributed by atoms with Crippen LogP contribution in [0.4, 0.5) is 0 Å². The van der Waals surface area contributed by atoms with E-state index in [1.165, 1.54) is 0 Å². The highest BCUT2D eigenvalue weighted by molar-refractivity contribution is 7.91. The van der Waals surface area contributed by atoms with Gasteiger partial charge in [-0.05, 0) is 55.4 Å². The lowest BCUT2D eigenvalue weighted by Crippen LogP contribution is -2.19. The van der Waals surface area contributed by atoms with Gasteiger partial charge < -0.3 is 14.4 Å². The molecule has 0 spiro atoms. The van der Waals surface area contributed by atoms with E-state index in [1.54, 1.807) is 18.6 Å². The number of rotatable bonds is 9. The molecule has 0 aliphatic heterocycles. The third kappa shape index (κ3) is 5.03. The van der Waals surface area contributed by atoms with Crippen molar-refractivity contribution in [3.05, 3.63) is 59.5 Å². The lowest BCUT2D eigenvalue weighted by Gasteiger charge is -2.12. The molecule has 0 saturated carbocycles. The predicted molar refractivity (Wildman–Crippen MR) is 131 cm³/mol. The van der Waals surface area contributed by atoms with E-state index in [0.717, 1.165) is 40.1 Å². The number of benzene rings is 2. The van der Waals surface area contributed by atoms with Crippen LogP contribution < -0.4 is 14.6 Å². The number of nitrogens with two attached hydrogens (primary N) is 1. The Morgan fingerprint density at radius 3 is 2.67 bits per heavy atom. The molecule has 0 unspecified atom stereocenters. The first-order valence-electron chi connectivity index (χ1n) is 10.3. The molecular formula is C23H26N4O4S2. The van der Waals surface area contributed by atoms with Crippen LogP contribution >= 0.6 is 11.3 Å². The SMILES string of the molecule is COc1cccc2c1c(-c1ccsc1S(N)(=O)=O)nn2Cc1cccc(OCCN(C)C)c1. The number of aromatic nitrogens is 2. The van der Waals surface area contributed by atoms with E-state index in [4.69, 9.17) is 19.7 Å². The first-order valence-corrected chi connectivity index (χ1v) is 12.7. The highest BCUT2D eigenvalue weighted by Crippen LogP contribution is 2.39. The Morgan fingerprint density at radius 2 is 1.94 bits per heavy atom. The van der Waals surface area contributed by atoms with Crippen LogP contribution in [0.15, 0.2) is 58.1 Å². The summed E-state index contributed by atoms with van der Waals surface area (Å²) in [7, 11) is 1.70. The van der Waals surface area contributed by atoms with Crippen LogP contribution in [0.2, 0.25) is 0 Å². The maximum absolute atomic E-state index is 12.1. The lowest BCUT2D eigenvalue weighted by molar-refractivity contribution is 0.261. The van der Waals surface area contributed by atoms with E-state index < -0.39 is 10.0 Å². The minimum atomic E-state index is -3.89. The van der Waals surface area contributed by atoms with Crippen LogP contribution in [0.1, 0.15) is 5.56 Å². The zero-order chi connectivity index (χ0) is 23.6. The van der Waals surface area contributed by atoms with Gasteiger partial charge >= 0.3 is 0 Å². The number of primary sulfonamides is 1. The molecule has 0 saturated heterocycles. The topological polar surface area (TPSA) is 99.7 Å². The molecule has 2 aromatic heterocycles. The summed E-state index contributed by atoms with van der Waals surface area (Å²) in [6.07, 6.45) is 0. The van der Waals surface area contributed by atoms with Gasteiger partial charge in [-0.15, -0.1) is 11.3 Å². The molecule has 174 valence electrons. The van der Waals surface area contributed by atoms with E-state index in [-0.39, 0.29) is 4.21 Å². The van der Waals surface area contributed by atoms with Gasteiger partial charge in [-0.25, -0.2) is 13.6 Å². The normalized spacial score (nSPS) is 11.9. The maximum atomic E-state index is 12.1. The van der Waals surface area contributed by atoms with E-state index in [2.05, 4.69) is 4.90 Å². The minimum Gasteiger partial charge on any atom is -0.496 e. The Morgan fingerprint density at radius 1 is 1.15 bits per heavy atom. The van der Waals surface area contributed by atoms with Gasteiger partial charge in [-0.3, -0.25) is 4.68 Å². The van der Waals surface area contributed by atoms with Crippen molar-refractivity contribution in [3.63, 3.8) is 0 Å². The van der Waals surface area contributed by atoms with Gasteiger partial charge in [0.15, 0.2) is 0 Å². The Kier molecular flexibility index (Phi) is 6.71. The summed E-state index contributed by atoms with van der Waals surface area (Å²) < 4.78 is 37.7. The number of likely N-dealkylation sites (N-methyl/N-ethyl adjacent to an activating group) is 1. The van der Waals surface area contributed by atoms with Gasteiger partial charge in [0.25, 0.3) is 0 Å². The third-order valence-electron chi connectivity index (χ3n) is 5.14. The highest BCUT2D eigenvalue weighted by Gasteiger charge is 2.24. The average Bonchev–Trinajstić information content (AvgIpc) is 3.39. The van der Waals surface area contributed by atoms with Crippen molar-refractivity contribution in [2.75, 3.05) is 34.4 Å². The van der Waals surface area contributed by atoms with E-state index >= 15 is 0 Å². The molecule has 0 bridgehead atoms. The van der Waals surface area contributed by atoms with Crippen LogP contribution in [0.25, 0.3) is 22.2 Å². The Hall–Kier alpha value is -2.92. The molecule has 2 N–H and O–H groups in total. The van der Waals surface area contributed by atoms with Gasteiger partial charge in [0.2, 0.25) is 10.0 Å². The predicted octanol–water partition coefficient (Wildman–Crippen LogP) is 3.41. The monoisotopic (exact) mass is 486 g/mol. The second kappa shape index (κ2) is 9.52. The lowest BCUT2D eigenvalue weighted by atomic mass is 10.1. The Labute approximate surface area is 197 Å². The second-order valence-corrected chi connectivity index (χ2v) is 10.5. The van der Waals surface area contributed by atoms with Crippen molar-refractivity contribution >= 4 is 32.3 Å². The molecule has 2 aromatic carbocycles. The van der Waals surface area contributed by atoms with Crippen molar-refractivity contribution in [3.8, 4) is 22.8 Å². The van der Waals surface area contributed by atoms with E-state index in [9.17, 15) is 8.42 Å². The summed E-state index contributed by atoms with van der Waals surface area (Å²) >= 11 is 1.08. The number of nitrogens with zero attached hydrogens (tertiary/aromatic N) is 3. The quantitative estimate of drug-likeness (QED) is 0.389. The average molecular weight is 487 g/mol. The standard InChI is InChI=1S/C23H26N4O4S2/c1-26(2)11-12-31-17-7-4-6-16(14-17)15-27-19-8-5-9-20(30-3)21(19)22(25-27)18-10-13-32-23(18)33(24,28)29/h4-10,13-14H,11-12,15H2,1-3H3,(H2,24,28,29). The molecule has 0 aliphatic rings. The molecule has 0 amide bonds. The maximum Gasteiger partial charge on any atom is 0.248 e. The zero-order valence-electron chi connectivity index (χ0n) is 18.7. The van der Waals surface area contributed by atoms with E-state index in [1.807, 2.05) is 61.2 Å². The molecule has 8 nitrogen and oxygen atoms in total. The first kappa shape index (κ1) is 23.2.